The van der Waals surface area contributed by atoms with Crippen LogP contribution in [0.1, 0.15) is 52.3 Å². The van der Waals surface area contributed by atoms with E-state index in [2.05, 4.69) is 15.6 Å². The van der Waals surface area contributed by atoms with Crippen LogP contribution in [0.15, 0.2) is 47.2 Å². The highest BCUT2D eigenvalue weighted by Crippen LogP contribution is 2.23. The number of nitrogens with zero attached hydrogens (tertiary/aromatic N) is 2. The van der Waals surface area contributed by atoms with Crippen molar-refractivity contribution in [1.82, 2.24) is 14.9 Å². The van der Waals surface area contributed by atoms with Gasteiger partial charge >= 0.3 is 0 Å². The Morgan fingerprint density at radius 3 is 2.59 bits per heavy atom. The lowest BCUT2D eigenvalue weighted by Gasteiger charge is -2.19. The first-order chi connectivity index (χ1) is 13.8. The lowest BCUT2D eigenvalue weighted by molar-refractivity contribution is 0.0908. The van der Waals surface area contributed by atoms with Crippen LogP contribution >= 0.6 is 0 Å². The number of hydrogen-bond acceptors (Lipinski definition) is 4. The summed E-state index contributed by atoms with van der Waals surface area (Å²) < 4.78 is 20.9. The first-order valence-corrected chi connectivity index (χ1v) is 9.22. The Hall–Kier alpha value is -3.42. The van der Waals surface area contributed by atoms with Crippen molar-refractivity contribution < 1.29 is 18.4 Å². The van der Waals surface area contributed by atoms with Gasteiger partial charge in [0.2, 0.25) is 5.89 Å². The molecule has 1 atom stereocenters. The Kier molecular flexibility index (Phi) is 5.81. The van der Waals surface area contributed by atoms with Crippen molar-refractivity contribution in [2.75, 3.05) is 5.32 Å². The van der Waals surface area contributed by atoms with Gasteiger partial charge in [-0.15, -0.1) is 0 Å². The highest BCUT2D eigenvalue weighted by molar-refractivity contribution is 6.03. The zero-order valence-electron chi connectivity index (χ0n) is 16.7. The average Bonchev–Trinajstić information content (AvgIpc) is 3.32. The first kappa shape index (κ1) is 20.3. The average molecular weight is 398 g/mol. The summed E-state index contributed by atoms with van der Waals surface area (Å²) in [4.78, 5) is 29.3. The Morgan fingerprint density at radius 1 is 1.17 bits per heavy atom. The van der Waals surface area contributed by atoms with E-state index in [4.69, 9.17) is 4.42 Å². The number of aromatic nitrogens is 2. The molecule has 2 heterocycles. The number of halogens is 1. The monoisotopic (exact) mass is 398 g/mol. The van der Waals surface area contributed by atoms with Gasteiger partial charge in [0.1, 0.15) is 23.8 Å². The van der Waals surface area contributed by atoms with Crippen LogP contribution < -0.4 is 10.6 Å². The van der Waals surface area contributed by atoms with Gasteiger partial charge in [0.25, 0.3) is 11.8 Å². The smallest absolute Gasteiger partial charge is 0.277 e. The molecule has 3 rings (SSSR count). The van der Waals surface area contributed by atoms with Gasteiger partial charge in [0, 0.05) is 24.5 Å². The summed E-state index contributed by atoms with van der Waals surface area (Å²) >= 11 is 0. The zero-order valence-corrected chi connectivity index (χ0v) is 16.7. The number of nitrogens with one attached hydrogen (secondary N) is 2. The van der Waals surface area contributed by atoms with Gasteiger partial charge < -0.3 is 19.6 Å². The van der Waals surface area contributed by atoms with Crippen LogP contribution in [-0.4, -0.2) is 21.4 Å². The topological polar surface area (TPSA) is 89.2 Å². The molecule has 2 N–H and O–H groups in total. The van der Waals surface area contributed by atoms with Gasteiger partial charge in [-0.1, -0.05) is 19.9 Å². The third kappa shape index (κ3) is 4.37. The fourth-order valence-electron chi connectivity index (χ4n) is 2.89. The molecular formula is C21H23FN4O3. The Balaban J connectivity index is 1.77. The third-order valence-electron chi connectivity index (χ3n) is 4.67. The van der Waals surface area contributed by atoms with E-state index < -0.39 is 17.8 Å². The predicted molar refractivity (Wildman–Crippen MR) is 106 cm³/mol. The lowest BCUT2D eigenvalue weighted by Crippen LogP contribution is -2.33. The fourth-order valence-corrected chi connectivity index (χ4v) is 2.89. The number of oxazole rings is 1. The quantitative estimate of drug-likeness (QED) is 0.660. The van der Waals surface area contributed by atoms with Crippen molar-refractivity contribution >= 4 is 17.5 Å². The summed E-state index contributed by atoms with van der Waals surface area (Å²) in [6.45, 7) is 5.40. The predicted octanol–water partition coefficient (Wildman–Crippen LogP) is 3.84. The minimum Gasteiger partial charge on any atom is -0.446 e. The minimum atomic E-state index is -0.523. The maximum absolute atomic E-state index is 13.7. The second kappa shape index (κ2) is 8.30. The second-order valence-electron chi connectivity index (χ2n) is 7.14. The number of rotatable bonds is 6. The molecule has 0 unspecified atom stereocenters. The third-order valence-corrected chi connectivity index (χ3v) is 4.67. The lowest BCUT2D eigenvalue weighted by atomic mass is 10.0. The number of anilines is 1. The van der Waals surface area contributed by atoms with Crippen molar-refractivity contribution in [3.8, 4) is 0 Å². The SMILES string of the molecule is Cc1c(F)cccc1NC(=O)c1coc([C@H](NC(=O)c2cccn2C)C(C)C)n1. The van der Waals surface area contributed by atoms with Gasteiger partial charge in [0.15, 0.2) is 5.69 Å². The minimum absolute atomic E-state index is 0.0285. The van der Waals surface area contributed by atoms with Crippen LogP contribution in [0.25, 0.3) is 0 Å². The van der Waals surface area contributed by atoms with E-state index in [-0.39, 0.29) is 23.4 Å². The molecule has 7 nitrogen and oxygen atoms in total. The van der Waals surface area contributed by atoms with Crippen molar-refractivity contribution in [1.29, 1.82) is 0 Å². The van der Waals surface area contributed by atoms with Crippen LogP contribution in [0, 0.1) is 18.7 Å². The molecule has 8 heteroatoms. The van der Waals surface area contributed by atoms with Crippen LogP contribution in [-0.2, 0) is 7.05 Å². The summed E-state index contributed by atoms with van der Waals surface area (Å²) in [6.07, 6.45) is 3.00. The maximum atomic E-state index is 13.7. The highest BCUT2D eigenvalue weighted by atomic mass is 19.1. The van der Waals surface area contributed by atoms with Crippen LogP contribution in [0.3, 0.4) is 0 Å². The van der Waals surface area contributed by atoms with Crippen molar-refractivity contribution in [3.63, 3.8) is 0 Å². The normalized spacial score (nSPS) is 12.1. The van der Waals surface area contributed by atoms with E-state index in [0.717, 1.165) is 0 Å². The molecule has 0 radical (unpaired) electrons. The van der Waals surface area contributed by atoms with Gasteiger partial charge in [-0.25, -0.2) is 9.37 Å². The molecule has 2 amide bonds. The Bertz CT molecular complexity index is 1040. The number of amides is 2. The molecule has 0 aliphatic carbocycles. The van der Waals surface area contributed by atoms with Crippen molar-refractivity contribution in [2.24, 2.45) is 13.0 Å². The van der Waals surface area contributed by atoms with E-state index in [9.17, 15) is 14.0 Å². The number of benzene rings is 1. The highest BCUT2D eigenvalue weighted by Gasteiger charge is 2.26. The molecule has 29 heavy (non-hydrogen) atoms. The van der Waals surface area contributed by atoms with E-state index in [1.807, 2.05) is 13.8 Å². The molecule has 0 aliphatic rings. The number of carbonyl (C=O) groups excluding carboxylic acids is 2. The van der Waals surface area contributed by atoms with E-state index in [1.54, 1.807) is 42.9 Å². The molecule has 0 fully saturated rings. The number of carbonyl (C=O) groups is 2. The summed E-state index contributed by atoms with van der Waals surface area (Å²) in [6, 6.07) is 7.41. The van der Waals surface area contributed by atoms with Gasteiger partial charge in [-0.2, -0.15) is 0 Å². The number of hydrogen-bond donors (Lipinski definition) is 2. The van der Waals surface area contributed by atoms with Gasteiger partial charge in [0.05, 0.1) is 0 Å². The molecule has 0 spiro atoms. The largest absolute Gasteiger partial charge is 0.446 e. The van der Waals surface area contributed by atoms with Crippen molar-refractivity contribution in [2.45, 2.75) is 26.8 Å². The molecule has 0 aliphatic heterocycles. The Labute approximate surface area is 167 Å². The molecule has 2 aromatic heterocycles. The summed E-state index contributed by atoms with van der Waals surface area (Å²) in [5.74, 6) is -1.00. The van der Waals surface area contributed by atoms with Crippen LogP contribution in [0.4, 0.5) is 10.1 Å². The summed E-state index contributed by atoms with van der Waals surface area (Å²) in [7, 11) is 1.78. The molecule has 0 saturated carbocycles. The standard InChI is InChI=1S/C21H23FN4O3/c1-12(2)18(25-20(28)17-9-6-10-26(17)4)21-24-16(11-29-21)19(27)23-15-8-5-7-14(22)13(15)3/h5-12,18H,1-4H3,(H,23,27)(H,25,28)/t18-/m1/s1. The summed E-state index contributed by atoms with van der Waals surface area (Å²) in [5.41, 5.74) is 1.24. The second-order valence-corrected chi connectivity index (χ2v) is 7.14. The molecule has 3 aromatic rings. The van der Waals surface area contributed by atoms with Crippen molar-refractivity contribution in [3.05, 3.63) is 71.5 Å². The van der Waals surface area contributed by atoms with E-state index in [0.29, 0.717) is 16.9 Å². The van der Waals surface area contributed by atoms with E-state index >= 15 is 0 Å². The fraction of sp³-hybridized carbons (Fsp3) is 0.286. The molecule has 0 saturated heterocycles. The molecule has 1 aromatic carbocycles. The molecular weight excluding hydrogens is 375 g/mol. The Morgan fingerprint density at radius 2 is 1.93 bits per heavy atom. The zero-order chi connectivity index (χ0) is 21.1. The first-order valence-electron chi connectivity index (χ1n) is 9.22. The van der Waals surface area contributed by atoms with Gasteiger partial charge in [-0.3, -0.25) is 9.59 Å². The maximum Gasteiger partial charge on any atom is 0.277 e. The molecule has 0 bridgehead atoms. The number of aryl methyl sites for hydroxylation is 1. The van der Waals surface area contributed by atoms with E-state index in [1.165, 1.54) is 18.4 Å². The summed E-state index contributed by atoms with van der Waals surface area (Å²) in [5, 5.41) is 5.52. The molecule has 152 valence electrons. The van der Waals surface area contributed by atoms with Gasteiger partial charge in [-0.05, 0) is 37.1 Å². The van der Waals surface area contributed by atoms with Crippen LogP contribution in [0.2, 0.25) is 0 Å². The van der Waals surface area contributed by atoms with Crippen LogP contribution in [0.5, 0.6) is 0 Å².